The van der Waals surface area contributed by atoms with Gasteiger partial charge in [0.25, 0.3) is 0 Å². The van der Waals surface area contributed by atoms with Crippen LogP contribution in [0.15, 0.2) is 36.5 Å². The largest absolute Gasteiger partial charge is 0.366 e. The number of nitrogens with zero attached hydrogens (tertiary/aromatic N) is 3. The summed E-state index contributed by atoms with van der Waals surface area (Å²) in [5.74, 6) is 0.257. The number of primary amides is 1. The summed E-state index contributed by atoms with van der Waals surface area (Å²) in [7, 11) is 2.13. The zero-order valence-electron chi connectivity index (χ0n) is 12.0. The third kappa shape index (κ3) is 2.78. The predicted octanol–water partition coefficient (Wildman–Crippen LogP) is 2.01. The SMILES string of the molecule is CN1CCCC1c1ccnc(-c2ccc(C(N)=O)cc2)n1. The first-order valence-corrected chi connectivity index (χ1v) is 7.08. The Morgan fingerprint density at radius 1 is 1.29 bits per heavy atom. The number of aromatic nitrogens is 2. The van der Waals surface area contributed by atoms with Crippen LogP contribution in [0.25, 0.3) is 11.4 Å². The molecule has 1 aromatic heterocycles. The van der Waals surface area contributed by atoms with Crippen molar-refractivity contribution in [2.75, 3.05) is 13.6 Å². The molecule has 1 aliphatic rings. The molecule has 108 valence electrons. The Hall–Kier alpha value is -2.27. The van der Waals surface area contributed by atoms with Gasteiger partial charge in [-0.2, -0.15) is 0 Å². The van der Waals surface area contributed by atoms with Crippen molar-refractivity contribution in [2.45, 2.75) is 18.9 Å². The molecule has 2 aromatic rings. The van der Waals surface area contributed by atoms with Crippen LogP contribution in [0, 0.1) is 0 Å². The lowest BCUT2D eigenvalue weighted by molar-refractivity contribution is 0.100. The van der Waals surface area contributed by atoms with E-state index in [9.17, 15) is 4.79 Å². The minimum atomic E-state index is -0.427. The normalized spacial score (nSPS) is 18.8. The Balaban J connectivity index is 1.90. The maximum atomic E-state index is 11.1. The number of rotatable bonds is 3. The molecule has 0 saturated carbocycles. The third-order valence-corrected chi connectivity index (χ3v) is 3.97. The Morgan fingerprint density at radius 3 is 2.67 bits per heavy atom. The highest BCUT2D eigenvalue weighted by molar-refractivity contribution is 5.93. The molecule has 1 atom stereocenters. The van der Waals surface area contributed by atoms with E-state index < -0.39 is 5.91 Å². The molecule has 1 aliphatic heterocycles. The molecule has 5 heteroatoms. The molecule has 0 bridgehead atoms. The van der Waals surface area contributed by atoms with Gasteiger partial charge in [0.15, 0.2) is 5.82 Å². The Bertz CT molecular complexity index is 654. The van der Waals surface area contributed by atoms with Crippen LogP contribution in [0.3, 0.4) is 0 Å². The molecule has 1 unspecified atom stereocenters. The van der Waals surface area contributed by atoms with E-state index in [-0.39, 0.29) is 0 Å². The van der Waals surface area contributed by atoms with Crippen molar-refractivity contribution in [3.63, 3.8) is 0 Å². The Labute approximate surface area is 123 Å². The number of hydrogen-bond acceptors (Lipinski definition) is 4. The fraction of sp³-hybridized carbons (Fsp3) is 0.312. The molecular formula is C16H18N4O. The van der Waals surface area contributed by atoms with E-state index >= 15 is 0 Å². The van der Waals surface area contributed by atoms with Crippen molar-refractivity contribution in [2.24, 2.45) is 5.73 Å². The topological polar surface area (TPSA) is 72.1 Å². The maximum absolute atomic E-state index is 11.1. The summed E-state index contributed by atoms with van der Waals surface area (Å²) in [6, 6.07) is 9.42. The Kier molecular flexibility index (Phi) is 3.66. The van der Waals surface area contributed by atoms with Crippen LogP contribution < -0.4 is 5.73 Å². The van der Waals surface area contributed by atoms with Gasteiger partial charge < -0.3 is 5.73 Å². The van der Waals surface area contributed by atoms with Crippen molar-refractivity contribution in [3.8, 4) is 11.4 Å². The van der Waals surface area contributed by atoms with Gasteiger partial charge in [0, 0.05) is 17.3 Å². The van der Waals surface area contributed by atoms with Gasteiger partial charge in [-0.25, -0.2) is 9.97 Å². The lowest BCUT2D eigenvalue weighted by Crippen LogP contribution is -2.18. The molecule has 1 aromatic carbocycles. The molecule has 0 radical (unpaired) electrons. The van der Waals surface area contributed by atoms with Crippen LogP contribution in [0.4, 0.5) is 0 Å². The van der Waals surface area contributed by atoms with Crippen LogP contribution >= 0.6 is 0 Å². The number of benzene rings is 1. The minimum absolute atomic E-state index is 0.372. The van der Waals surface area contributed by atoms with E-state index in [0.717, 1.165) is 24.2 Å². The summed E-state index contributed by atoms with van der Waals surface area (Å²) in [5.41, 5.74) is 7.69. The number of amides is 1. The highest BCUT2D eigenvalue weighted by Crippen LogP contribution is 2.29. The maximum Gasteiger partial charge on any atom is 0.248 e. The van der Waals surface area contributed by atoms with E-state index in [1.807, 2.05) is 18.2 Å². The predicted molar refractivity (Wildman–Crippen MR) is 80.6 cm³/mol. The summed E-state index contributed by atoms with van der Waals surface area (Å²) in [6.07, 6.45) is 4.13. The number of carbonyl (C=O) groups is 1. The van der Waals surface area contributed by atoms with Crippen LogP contribution in [-0.4, -0.2) is 34.4 Å². The van der Waals surface area contributed by atoms with Crippen LogP contribution in [0.5, 0.6) is 0 Å². The fourth-order valence-corrected chi connectivity index (χ4v) is 2.76. The highest BCUT2D eigenvalue weighted by atomic mass is 16.1. The van der Waals surface area contributed by atoms with Crippen LogP contribution in [-0.2, 0) is 0 Å². The van der Waals surface area contributed by atoms with Crippen molar-refractivity contribution in [1.82, 2.24) is 14.9 Å². The smallest absolute Gasteiger partial charge is 0.248 e. The first-order chi connectivity index (χ1) is 10.1. The molecule has 2 N–H and O–H groups in total. The van der Waals surface area contributed by atoms with Gasteiger partial charge in [-0.1, -0.05) is 12.1 Å². The zero-order valence-corrected chi connectivity index (χ0v) is 12.0. The summed E-state index contributed by atoms with van der Waals surface area (Å²) in [6.45, 7) is 1.11. The fourth-order valence-electron chi connectivity index (χ4n) is 2.76. The summed E-state index contributed by atoms with van der Waals surface area (Å²) < 4.78 is 0. The molecule has 1 fully saturated rings. The Morgan fingerprint density at radius 2 is 2.05 bits per heavy atom. The van der Waals surface area contributed by atoms with E-state index in [1.165, 1.54) is 6.42 Å². The molecule has 21 heavy (non-hydrogen) atoms. The van der Waals surface area contributed by atoms with E-state index in [2.05, 4.69) is 21.9 Å². The zero-order chi connectivity index (χ0) is 14.8. The van der Waals surface area contributed by atoms with Crippen molar-refractivity contribution >= 4 is 5.91 Å². The molecule has 2 heterocycles. The second-order valence-electron chi connectivity index (χ2n) is 5.39. The summed E-state index contributed by atoms with van der Waals surface area (Å²) in [5, 5.41) is 0. The number of carbonyl (C=O) groups excluding carboxylic acids is 1. The lowest BCUT2D eigenvalue weighted by atomic mass is 10.1. The highest BCUT2D eigenvalue weighted by Gasteiger charge is 2.24. The van der Waals surface area contributed by atoms with Crippen molar-refractivity contribution in [3.05, 3.63) is 47.8 Å². The monoisotopic (exact) mass is 282 g/mol. The van der Waals surface area contributed by atoms with Crippen LogP contribution in [0.1, 0.15) is 34.9 Å². The van der Waals surface area contributed by atoms with E-state index in [1.54, 1.807) is 18.3 Å². The van der Waals surface area contributed by atoms with Gasteiger partial charge in [0.05, 0.1) is 11.7 Å². The van der Waals surface area contributed by atoms with Gasteiger partial charge in [-0.05, 0) is 44.6 Å². The molecule has 3 rings (SSSR count). The average Bonchev–Trinajstić information content (AvgIpc) is 2.94. The molecule has 1 saturated heterocycles. The van der Waals surface area contributed by atoms with E-state index in [4.69, 9.17) is 5.73 Å². The number of likely N-dealkylation sites (tertiary alicyclic amines) is 1. The van der Waals surface area contributed by atoms with Crippen molar-refractivity contribution in [1.29, 1.82) is 0 Å². The molecule has 1 amide bonds. The minimum Gasteiger partial charge on any atom is -0.366 e. The molecule has 5 nitrogen and oxygen atoms in total. The molecule has 0 aliphatic carbocycles. The summed E-state index contributed by atoms with van der Waals surface area (Å²) in [4.78, 5) is 22.4. The molecule has 0 spiro atoms. The third-order valence-electron chi connectivity index (χ3n) is 3.97. The van der Waals surface area contributed by atoms with Gasteiger partial charge in [0.2, 0.25) is 5.91 Å². The second-order valence-corrected chi connectivity index (χ2v) is 5.39. The van der Waals surface area contributed by atoms with Crippen molar-refractivity contribution < 1.29 is 4.79 Å². The van der Waals surface area contributed by atoms with Gasteiger partial charge in [-0.15, -0.1) is 0 Å². The van der Waals surface area contributed by atoms with Gasteiger partial charge >= 0.3 is 0 Å². The number of nitrogens with two attached hydrogens (primary N) is 1. The number of hydrogen-bond donors (Lipinski definition) is 1. The van der Waals surface area contributed by atoms with Gasteiger partial charge in [-0.3, -0.25) is 9.69 Å². The summed E-state index contributed by atoms with van der Waals surface area (Å²) >= 11 is 0. The molecular weight excluding hydrogens is 264 g/mol. The van der Waals surface area contributed by atoms with Crippen LogP contribution in [0.2, 0.25) is 0 Å². The lowest BCUT2D eigenvalue weighted by Gasteiger charge is -2.18. The average molecular weight is 282 g/mol. The standard InChI is InChI=1S/C16H18N4O/c1-20-10-2-3-14(20)13-8-9-18-16(19-13)12-6-4-11(5-7-12)15(17)21/h4-9,14H,2-3,10H2,1H3,(H2,17,21). The quantitative estimate of drug-likeness (QED) is 0.934. The van der Waals surface area contributed by atoms with E-state index in [0.29, 0.717) is 17.4 Å². The first kappa shape index (κ1) is 13.7. The first-order valence-electron chi connectivity index (χ1n) is 7.08. The van der Waals surface area contributed by atoms with Gasteiger partial charge in [0.1, 0.15) is 0 Å². The second kappa shape index (κ2) is 5.61.